The number of hydrogen-bond donors (Lipinski definition) is 3. The third kappa shape index (κ3) is 3.49. The summed E-state index contributed by atoms with van der Waals surface area (Å²) in [5, 5.41) is 17.0. The van der Waals surface area contributed by atoms with Crippen LogP contribution in [0.2, 0.25) is 0 Å². The Labute approximate surface area is 95.9 Å². The SMILES string of the molecule is NC(CCC(=O)O)c1cnc(C(=O)O)c(F)c1. The molecule has 92 valence electrons. The van der Waals surface area contributed by atoms with Crippen LogP contribution in [0.1, 0.15) is 34.9 Å². The molecule has 4 N–H and O–H groups in total. The number of hydrogen-bond acceptors (Lipinski definition) is 4. The number of halogens is 1. The second-order valence-electron chi connectivity index (χ2n) is 3.44. The molecule has 1 aromatic heterocycles. The number of aromatic nitrogens is 1. The average Bonchev–Trinajstić information content (AvgIpc) is 2.25. The molecule has 0 spiro atoms. The highest BCUT2D eigenvalue weighted by atomic mass is 19.1. The van der Waals surface area contributed by atoms with Crippen molar-refractivity contribution in [2.45, 2.75) is 18.9 Å². The van der Waals surface area contributed by atoms with Gasteiger partial charge < -0.3 is 15.9 Å². The van der Waals surface area contributed by atoms with Crippen LogP contribution in [-0.4, -0.2) is 27.1 Å². The van der Waals surface area contributed by atoms with Crippen molar-refractivity contribution in [3.8, 4) is 0 Å². The fraction of sp³-hybridized carbons (Fsp3) is 0.300. The van der Waals surface area contributed by atoms with Gasteiger partial charge in [-0.15, -0.1) is 0 Å². The smallest absolute Gasteiger partial charge is 0.357 e. The normalized spacial score (nSPS) is 12.1. The third-order valence-electron chi connectivity index (χ3n) is 2.16. The second kappa shape index (κ2) is 5.35. The first-order valence-electron chi connectivity index (χ1n) is 4.78. The molecule has 7 heteroatoms. The Morgan fingerprint density at radius 3 is 2.59 bits per heavy atom. The van der Waals surface area contributed by atoms with E-state index >= 15 is 0 Å². The van der Waals surface area contributed by atoms with E-state index in [1.54, 1.807) is 0 Å². The number of nitrogens with zero attached hydrogens (tertiary/aromatic N) is 1. The molecule has 1 atom stereocenters. The van der Waals surface area contributed by atoms with E-state index in [1.807, 2.05) is 0 Å². The summed E-state index contributed by atoms with van der Waals surface area (Å²) >= 11 is 0. The molecular weight excluding hydrogens is 231 g/mol. The van der Waals surface area contributed by atoms with Crippen molar-refractivity contribution in [2.75, 3.05) is 0 Å². The maximum Gasteiger partial charge on any atom is 0.357 e. The zero-order valence-corrected chi connectivity index (χ0v) is 8.76. The molecule has 0 saturated heterocycles. The lowest BCUT2D eigenvalue weighted by molar-refractivity contribution is -0.137. The Morgan fingerprint density at radius 2 is 2.12 bits per heavy atom. The molecule has 0 aliphatic carbocycles. The van der Waals surface area contributed by atoms with Gasteiger partial charge in [-0.25, -0.2) is 14.2 Å². The van der Waals surface area contributed by atoms with Gasteiger partial charge in [0.15, 0.2) is 11.5 Å². The standard InChI is InChI=1S/C10H11FN2O4/c11-6-3-5(4-13-9(6)10(16)17)7(12)1-2-8(14)15/h3-4,7H,1-2,12H2,(H,14,15)(H,16,17). The summed E-state index contributed by atoms with van der Waals surface area (Å²) < 4.78 is 13.2. The highest BCUT2D eigenvalue weighted by Crippen LogP contribution is 2.17. The van der Waals surface area contributed by atoms with Crippen molar-refractivity contribution in [1.82, 2.24) is 4.98 Å². The minimum atomic E-state index is -1.46. The fourth-order valence-electron chi connectivity index (χ4n) is 1.26. The van der Waals surface area contributed by atoms with Crippen LogP contribution in [0, 0.1) is 5.82 Å². The number of carboxylic acids is 2. The van der Waals surface area contributed by atoms with Gasteiger partial charge in [-0.2, -0.15) is 0 Å². The summed E-state index contributed by atoms with van der Waals surface area (Å²) in [7, 11) is 0. The molecule has 1 rings (SSSR count). The first kappa shape index (κ1) is 13.0. The van der Waals surface area contributed by atoms with Gasteiger partial charge in [0.1, 0.15) is 0 Å². The molecule has 0 bridgehead atoms. The summed E-state index contributed by atoms with van der Waals surface area (Å²) in [6.45, 7) is 0. The second-order valence-corrected chi connectivity index (χ2v) is 3.44. The predicted molar refractivity (Wildman–Crippen MR) is 55.0 cm³/mol. The molecule has 0 radical (unpaired) electrons. The molecule has 0 aliphatic rings. The lowest BCUT2D eigenvalue weighted by atomic mass is 10.0. The van der Waals surface area contributed by atoms with E-state index in [0.29, 0.717) is 0 Å². The maximum atomic E-state index is 13.2. The summed E-state index contributed by atoms with van der Waals surface area (Å²) in [5.74, 6) is -3.45. The quantitative estimate of drug-likeness (QED) is 0.703. The first-order chi connectivity index (χ1) is 7.91. The first-order valence-corrected chi connectivity index (χ1v) is 4.78. The number of aromatic carboxylic acids is 1. The minimum absolute atomic E-state index is 0.128. The molecular formula is C10H11FN2O4. The van der Waals surface area contributed by atoms with Gasteiger partial charge in [-0.05, 0) is 18.1 Å². The van der Waals surface area contributed by atoms with Crippen molar-refractivity contribution in [1.29, 1.82) is 0 Å². The summed E-state index contributed by atoms with van der Waals surface area (Å²) in [6.07, 6.45) is 1.12. The number of aliphatic carboxylic acids is 1. The number of pyridine rings is 1. The number of rotatable bonds is 5. The molecule has 0 aromatic carbocycles. The van der Waals surface area contributed by atoms with Crippen LogP contribution in [0.4, 0.5) is 4.39 Å². The van der Waals surface area contributed by atoms with Gasteiger partial charge in [0.25, 0.3) is 0 Å². The van der Waals surface area contributed by atoms with Gasteiger partial charge in [0.2, 0.25) is 0 Å². The Hall–Kier alpha value is -2.02. The summed E-state index contributed by atoms with van der Waals surface area (Å²) in [4.78, 5) is 24.3. The van der Waals surface area contributed by atoms with E-state index in [0.717, 1.165) is 12.3 Å². The van der Waals surface area contributed by atoms with E-state index in [1.165, 1.54) is 0 Å². The monoisotopic (exact) mass is 242 g/mol. The van der Waals surface area contributed by atoms with E-state index in [4.69, 9.17) is 15.9 Å². The Bertz CT molecular complexity index is 450. The van der Waals surface area contributed by atoms with Crippen LogP contribution in [-0.2, 0) is 4.79 Å². The van der Waals surface area contributed by atoms with Crippen LogP contribution in [0.25, 0.3) is 0 Å². The molecule has 0 aliphatic heterocycles. The van der Waals surface area contributed by atoms with Crippen LogP contribution >= 0.6 is 0 Å². The molecule has 6 nitrogen and oxygen atoms in total. The van der Waals surface area contributed by atoms with E-state index in [2.05, 4.69) is 4.98 Å². The van der Waals surface area contributed by atoms with Crippen LogP contribution in [0.15, 0.2) is 12.3 Å². The number of carbonyl (C=O) groups is 2. The van der Waals surface area contributed by atoms with Crippen molar-refractivity contribution in [3.63, 3.8) is 0 Å². The zero-order valence-electron chi connectivity index (χ0n) is 8.76. The van der Waals surface area contributed by atoms with Crippen LogP contribution in [0.5, 0.6) is 0 Å². The number of nitrogens with two attached hydrogens (primary N) is 1. The predicted octanol–water partition coefficient (Wildman–Crippen LogP) is 0.783. The largest absolute Gasteiger partial charge is 0.481 e. The van der Waals surface area contributed by atoms with Crippen LogP contribution < -0.4 is 5.73 Å². The molecule has 17 heavy (non-hydrogen) atoms. The average molecular weight is 242 g/mol. The topological polar surface area (TPSA) is 114 Å². The van der Waals surface area contributed by atoms with Crippen molar-refractivity contribution in [2.24, 2.45) is 5.73 Å². The van der Waals surface area contributed by atoms with E-state index in [9.17, 15) is 14.0 Å². The van der Waals surface area contributed by atoms with Crippen molar-refractivity contribution >= 4 is 11.9 Å². The Kier molecular flexibility index (Phi) is 4.11. The molecule has 0 amide bonds. The maximum absolute atomic E-state index is 13.2. The summed E-state index contributed by atoms with van der Waals surface area (Å²) in [6, 6.07) is 0.277. The minimum Gasteiger partial charge on any atom is -0.481 e. The molecule has 0 fully saturated rings. The lowest BCUT2D eigenvalue weighted by Crippen LogP contribution is -2.14. The van der Waals surface area contributed by atoms with Crippen molar-refractivity contribution < 1.29 is 24.2 Å². The number of carboxylic acid groups (broad SMARTS) is 2. The molecule has 1 aromatic rings. The zero-order chi connectivity index (χ0) is 13.0. The van der Waals surface area contributed by atoms with Gasteiger partial charge in [0, 0.05) is 18.7 Å². The molecule has 1 heterocycles. The lowest BCUT2D eigenvalue weighted by Gasteiger charge is -2.10. The fourth-order valence-corrected chi connectivity index (χ4v) is 1.26. The van der Waals surface area contributed by atoms with Gasteiger partial charge >= 0.3 is 11.9 Å². The highest BCUT2D eigenvalue weighted by Gasteiger charge is 2.15. The molecule has 0 saturated carbocycles. The van der Waals surface area contributed by atoms with Gasteiger partial charge in [-0.1, -0.05) is 0 Å². The van der Waals surface area contributed by atoms with E-state index in [-0.39, 0.29) is 18.4 Å². The van der Waals surface area contributed by atoms with Gasteiger partial charge in [-0.3, -0.25) is 4.79 Å². The van der Waals surface area contributed by atoms with E-state index < -0.39 is 29.5 Å². The molecule has 1 unspecified atom stereocenters. The Morgan fingerprint density at radius 1 is 1.47 bits per heavy atom. The Balaban J connectivity index is 2.82. The third-order valence-corrected chi connectivity index (χ3v) is 2.16. The van der Waals surface area contributed by atoms with Crippen LogP contribution in [0.3, 0.4) is 0 Å². The van der Waals surface area contributed by atoms with Crippen molar-refractivity contribution in [3.05, 3.63) is 29.3 Å². The van der Waals surface area contributed by atoms with Gasteiger partial charge in [0.05, 0.1) is 0 Å². The summed E-state index contributed by atoms with van der Waals surface area (Å²) in [5.41, 5.74) is 5.21. The highest BCUT2D eigenvalue weighted by molar-refractivity contribution is 5.85.